The van der Waals surface area contributed by atoms with Crippen LogP contribution in [0.4, 0.5) is 14.9 Å². The third-order valence-electron chi connectivity index (χ3n) is 7.07. The molecule has 5 nitrogen and oxygen atoms in total. The van der Waals surface area contributed by atoms with Crippen molar-refractivity contribution >= 4 is 34.2 Å². The second kappa shape index (κ2) is 8.86. The van der Waals surface area contributed by atoms with Gasteiger partial charge in [-0.05, 0) is 78.1 Å². The Morgan fingerprint density at radius 1 is 1.09 bits per heavy atom. The van der Waals surface area contributed by atoms with Crippen LogP contribution in [-0.2, 0) is 6.42 Å². The van der Waals surface area contributed by atoms with Crippen molar-refractivity contribution in [3.63, 3.8) is 0 Å². The molecule has 176 valence electrons. The van der Waals surface area contributed by atoms with E-state index >= 15 is 0 Å². The lowest BCUT2D eigenvalue weighted by Crippen LogP contribution is -2.30. The normalized spacial score (nSPS) is 20.0. The number of amides is 2. The summed E-state index contributed by atoms with van der Waals surface area (Å²) in [4.78, 5) is 16.7. The van der Waals surface area contributed by atoms with Gasteiger partial charge in [-0.3, -0.25) is 4.98 Å². The minimum atomic E-state index is -0.577. The minimum Gasteiger partial charge on any atom is -0.454 e. The molecule has 2 amide bonds. The number of nitrogens with zero attached hydrogens (tertiary/aromatic N) is 1. The van der Waals surface area contributed by atoms with Gasteiger partial charge in [0.25, 0.3) is 0 Å². The number of hydrogen-bond acceptors (Lipinski definition) is 3. The number of pyridine rings is 1. The maximum Gasteiger partial charge on any atom is 0.319 e. The van der Waals surface area contributed by atoms with Gasteiger partial charge in [0.15, 0.2) is 11.6 Å². The van der Waals surface area contributed by atoms with Crippen LogP contribution in [-0.4, -0.2) is 17.6 Å². The quantitative estimate of drug-likeness (QED) is 0.321. The third-order valence-corrected chi connectivity index (χ3v) is 7.30. The lowest BCUT2D eigenvalue weighted by Gasteiger charge is -2.13. The molecule has 0 radical (unpaired) electrons. The van der Waals surface area contributed by atoms with Crippen molar-refractivity contribution in [2.24, 2.45) is 11.8 Å². The second-order valence-corrected chi connectivity index (χ2v) is 9.58. The highest BCUT2D eigenvalue weighted by Crippen LogP contribution is 2.59. The van der Waals surface area contributed by atoms with E-state index in [-0.39, 0.29) is 11.8 Å². The maximum absolute atomic E-state index is 14.8. The van der Waals surface area contributed by atoms with Crippen LogP contribution in [0.1, 0.15) is 23.5 Å². The van der Waals surface area contributed by atoms with Crippen molar-refractivity contribution in [1.29, 1.82) is 0 Å². The van der Waals surface area contributed by atoms with Crippen molar-refractivity contribution in [3.05, 3.63) is 94.9 Å². The number of halogens is 2. The van der Waals surface area contributed by atoms with Crippen LogP contribution in [0, 0.1) is 17.7 Å². The first kappa shape index (κ1) is 21.9. The van der Waals surface area contributed by atoms with Crippen LogP contribution in [0.2, 0.25) is 5.02 Å². The third kappa shape index (κ3) is 4.30. The fourth-order valence-electron chi connectivity index (χ4n) is 5.34. The van der Waals surface area contributed by atoms with E-state index in [0.29, 0.717) is 46.3 Å². The standard InChI is InChI=1S/C28H23ClFN3O2/c29-17-6-9-21-24(13-17)31-12-11-25(21)35-26-10-7-18(14-23(26)30)33-28(34)32-15-22-20-8-5-16-3-1-2-4-19(16)27(20)22/h1-4,6-7,9-14,20,22,27H,5,8,15H2,(H2,32,33,34). The number of urea groups is 1. The fourth-order valence-corrected chi connectivity index (χ4v) is 5.50. The summed E-state index contributed by atoms with van der Waals surface area (Å²) in [6.45, 7) is 0.609. The SMILES string of the molecule is O=C(NCC1C2CCc3ccccc3C21)Nc1ccc(Oc2ccnc3cc(Cl)ccc23)c(F)c1. The molecule has 7 heteroatoms. The van der Waals surface area contributed by atoms with Crippen LogP contribution >= 0.6 is 11.6 Å². The summed E-state index contributed by atoms with van der Waals surface area (Å²) in [6.07, 6.45) is 3.86. The van der Waals surface area contributed by atoms with Gasteiger partial charge in [0, 0.05) is 34.9 Å². The molecule has 1 fully saturated rings. The van der Waals surface area contributed by atoms with Gasteiger partial charge in [-0.1, -0.05) is 35.9 Å². The maximum atomic E-state index is 14.8. The molecule has 2 aliphatic rings. The Morgan fingerprint density at radius 3 is 2.86 bits per heavy atom. The predicted octanol–water partition coefficient (Wildman–Crippen LogP) is 6.92. The molecule has 4 aromatic rings. The molecule has 1 aromatic heterocycles. The number of hydrogen-bond donors (Lipinski definition) is 2. The highest BCUT2D eigenvalue weighted by Gasteiger charge is 2.52. The summed E-state index contributed by atoms with van der Waals surface area (Å²) < 4.78 is 20.6. The van der Waals surface area contributed by atoms with E-state index in [2.05, 4.69) is 39.9 Å². The number of fused-ring (bicyclic) bond motifs is 4. The van der Waals surface area contributed by atoms with E-state index in [1.165, 1.54) is 29.7 Å². The van der Waals surface area contributed by atoms with Gasteiger partial charge in [0.05, 0.1) is 5.52 Å². The van der Waals surface area contributed by atoms with Crippen molar-refractivity contribution < 1.29 is 13.9 Å². The molecule has 6 rings (SSSR count). The monoisotopic (exact) mass is 487 g/mol. The number of benzene rings is 3. The zero-order valence-corrected chi connectivity index (χ0v) is 19.6. The van der Waals surface area contributed by atoms with Gasteiger partial charge in [-0.15, -0.1) is 0 Å². The van der Waals surface area contributed by atoms with Crippen molar-refractivity contribution in [1.82, 2.24) is 10.3 Å². The Kier molecular flexibility index (Phi) is 5.53. The van der Waals surface area contributed by atoms with Crippen LogP contribution < -0.4 is 15.4 Å². The molecule has 3 unspecified atom stereocenters. The van der Waals surface area contributed by atoms with Gasteiger partial charge >= 0.3 is 6.03 Å². The Hall–Kier alpha value is -3.64. The number of aromatic nitrogens is 1. The average Bonchev–Trinajstić information content (AvgIpc) is 3.58. The highest BCUT2D eigenvalue weighted by molar-refractivity contribution is 6.31. The van der Waals surface area contributed by atoms with Crippen LogP contribution in [0.15, 0.2) is 72.9 Å². The van der Waals surface area contributed by atoms with Gasteiger partial charge in [0.1, 0.15) is 5.75 Å². The number of carbonyl (C=O) groups is 1. The molecule has 0 saturated heterocycles. The number of anilines is 1. The van der Waals surface area contributed by atoms with Crippen LogP contribution in [0.25, 0.3) is 10.9 Å². The molecule has 3 aromatic carbocycles. The lowest BCUT2D eigenvalue weighted by molar-refractivity contribution is 0.251. The van der Waals surface area contributed by atoms with Crippen LogP contribution in [0.3, 0.4) is 0 Å². The molecular formula is C28H23ClFN3O2. The summed E-state index contributed by atoms with van der Waals surface area (Å²) in [5.74, 6) is 1.58. The predicted molar refractivity (Wildman–Crippen MR) is 135 cm³/mol. The highest BCUT2D eigenvalue weighted by atomic mass is 35.5. The molecule has 1 saturated carbocycles. The number of carbonyl (C=O) groups excluding carboxylic acids is 1. The van der Waals surface area contributed by atoms with E-state index in [1.807, 2.05) is 0 Å². The van der Waals surface area contributed by atoms with Gasteiger partial charge in [-0.25, -0.2) is 9.18 Å². The van der Waals surface area contributed by atoms with E-state index in [0.717, 1.165) is 11.8 Å². The largest absolute Gasteiger partial charge is 0.454 e. The first-order valence-corrected chi connectivity index (χ1v) is 12.1. The first-order valence-electron chi connectivity index (χ1n) is 11.7. The first-order chi connectivity index (χ1) is 17.1. The van der Waals surface area contributed by atoms with E-state index in [1.54, 1.807) is 36.5 Å². The molecule has 0 bridgehead atoms. The smallest absolute Gasteiger partial charge is 0.319 e. The molecule has 3 atom stereocenters. The number of aryl methyl sites for hydroxylation is 1. The van der Waals surface area contributed by atoms with Gasteiger partial charge < -0.3 is 15.4 Å². The number of rotatable bonds is 5. The van der Waals surface area contributed by atoms with Crippen molar-refractivity contribution in [3.8, 4) is 11.5 Å². The molecule has 0 aliphatic heterocycles. The van der Waals surface area contributed by atoms with E-state index in [9.17, 15) is 9.18 Å². The Labute approximate surface area is 207 Å². The molecule has 0 spiro atoms. The zero-order valence-electron chi connectivity index (χ0n) is 18.8. The second-order valence-electron chi connectivity index (χ2n) is 9.14. The molecule has 2 aliphatic carbocycles. The number of nitrogens with one attached hydrogen (secondary N) is 2. The molecular weight excluding hydrogens is 465 g/mol. The Bertz CT molecular complexity index is 1440. The number of ether oxygens (including phenoxy) is 1. The molecule has 1 heterocycles. The lowest BCUT2D eigenvalue weighted by atomic mass is 9.92. The van der Waals surface area contributed by atoms with E-state index < -0.39 is 5.82 Å². The Morgan fingerprint density at radius 2 is 1.97 bits per heavy atom. The van der Waals surface area contributed by atoms with Crippen molar-refractivity contribution in [2.45, 2.75) is 18.8 Å². The zero-order chi connectivity index (χ0) is 23.9. The summed E-state index contributed by atoms with van der Waals surface area (Å²) in [5, 5.41) is 6.97. The van der Waals surface area contributed by atoms with Gasteiger partial charge in [-0.2, -0.15) is 0 Å². The fraction of sp³-hybridized carbons (Fsp3) is 0.214. The van der Waals surface area contributed by atoms with Crippen molar-refractivity contribution in [2.75, 3.05) is 11.9 Å². The molecule has 35 heavy (non-hydrogen) atoms. The summed E-state index contributed by atoms with van der Waals surface area (Å²) >= 11 is 6.03. The average molecular weight is 488 g/mol. The topological polar surface area (TPSA) is 63.2 Å². The minimum absolute atomic E-state index is 0.0547. The van der Waals surface area contributed by atoms with Crippen LogP contribution in [0.5, 0.6) is 11.5 Å². The van der Waals surface area contributed by atoms with Gasteiger partial charge in [0.2, 0.25) is 0 Å². The van der Waals surface area contributed by atoms with E-state index in [4.69, 9.17) is 16.3 Å². The Balaban J connectivity index is 1.08. The molecule has 2 N–H and O–H groups in total. The summed E-state index contributed by atoms with van der Waals surface area (Å²) in [7, 11) is 0. The summed E-state index contributed by atoms with van der Waals surface area (Å²) in [5.41, 5.74) is 3.88. The summed E-state index contributed by atoms with van der Waals surface area (Å²) in [6, 6.07) is 19.5.